The van der Waals surface area contributed by atoms with Gasteiger partial charge in [-0.2, -0.15) is 0 Å². The molecule has 0 fully saturated rings. The number of rotatable bonds is 4. The minimum atomic E-state index is -0.488. The van der Waals surface area contributed by atoms with Gasteiger partial charge in [0.25, 0.3) is 11.6 Å². The number of carbonyl (C=O) groups is 1. The number of hydrogen-bond acceptors (Lipinski definition) is 4. The normalized spacial score (nSPS) is 10.4. The van der Waals surface area contributed by atoms with Crippen molar-refractivity contribution in [3.8, 4) is 11.3 Å². The summed E-state index contributed by atoms with van der Waals surface area (Å²) in [6.07, 6.45) is 0. The molecule has 0 aliphatic carbocycles. The Morgan fingerprint density at radius 2 is 1.75 bits per heavy atom. The molecule has 3 aromatic rings. The van der Waals surface area contributed by atoms with E-state index in [2.05, 4.69) is 5.32 Å². The van der Waals surface area contributed by atoms with Crippen LogP contribution in [-0.4, -0.2) is 10.8 Å². The maximum absolute atomic E-state index is 12.4. The Morgan fingerprint density at radius 3 is 2.38 bits per heavy atom. The Labute approximate surface area is 137 Å². The van der Waals surface area contributed by atoms with E-state index in [1.165, 1.54) is 24.3 Å². The lowest BCUT2D eigenvalue weighted by atomic mass is 10.1. The van der Waals surface area contributed by atoms with Gasteiger partial charge < -0.3 is 9.73 Å². The number of furan rings is 1. The van der Waals surface area contributed by atoms with Gasteiger partial charge in [0.2, 0.25) is 0 Å². The number of nitro benzene ring substituents is 1. The van der Waals surface area contributed by atoms with Gasteiger partial charge in [-0.15, -0.1) is 0 Å². The maximum atomic E-state index is 12.4. The Morgan fingerprint density at radius 1 is 1.08 bits per heavy atom. The first-order valence-corrected chi connectivity index (χ1v) is 7.26. The molecule has 6 nitrogen and oxygen atoms in total. The minimum absolute atomic E-state index is 0.0288. The van der Waals surface area contributed by atoms with Crippen molar-refractivity contribution in [3.63, 3.8) is 0 Å². The zero-order chi connectivity index (χ0) is 17.1. The molecule has 1 N–H and O–H groups in total. The molecule has 0 spiro atoms. The van der Waals surface area contributed by atoms with Gasteiger partial charge >= 0.3 is 0 Å². The Hall–Kier alpha value is -3.41. The number of nitrogens with zero attached hydrogens (tertiary/aromatic N) is 1. The number of amides is 1. The van der Waals surface area contributed by atoms with E-state index in [1.807, 2.05) is 30.3 Å². The second-order valence-electron chi connectivity index (χ2n) is 5.20. The molecular weight excluding hydrogens is 308 g/mol. The summed E-state index contributed by atoms with van der Waals surface area (Å²) < 4.78 is 5.66. The molecule has 3 rings (SSSR count). The highest BCUT2D eigenvalue weighted by Crippen LogP contribution is 2.26. The van der Waals surface area contributed by atoms with Crippen LogP contribution in [-0.2, 0) is 0 Å². The predicted molar refractivity (Wildman–Crippen MR) is 89.9 cm³/mol. The van der Waals surface area contributed by atoms with Crippen LogP contribution in [0.3, 0.4) is 0 Å². The van der Waals surface area contributed by atoms with Gasteiger partial charge in [-0.3, -0.25) is 14.9 Å². The van der Waals surface area contributed by atoms with E-state index in [1.54, 1.807) is 13.0 Å². The molecule has 0 bridgehead atoms. The van der Waals surface area contributed by atoms with Gasteiger partial charge in [0.15, 0.2) is 0 Å². The summed E-state index contributed by atoms with van der Waals surface area (Å²) in [6, 6.07) is 16.8. The highest BCUT2D eigenvalue weighted by Gasteiger charge is 2.16. The van der Waals surface area contributed by atoms with Crippen LogP contribution in [0.5, 0.6) is 0 Å². The zero-order valence-electron chi connectivity index (χ0n) is 12.9. The fraction of sp³-hybridized carbons (Fsp3) is 0.0556. The first-order valence-electron chi connectivity index (χ1n) is 7.26. The predicted octanol–water partition coefficient (Wildman–Crippen LogP) is 4.42. The average molecular weight is 322 g/mol. The van der Waals surface area contributed by atoms with Crippen LogP contribution in [0.15, 0.2) is 65.1 Å². The van der Waals surface area contributed by atoms with Crippen LogP contribution in [0.4, 0.5) is 11.4 Å². The van der Waals surface area contributed by atoms with Crippen molar-refractivity contribution in [2.75, 3.05) is 5.32 Å². The number of nitrogens with one attached hydrogen (secondary N) is 1. The summed E-state index contributed by atoms with van der Waals surface area (Å²) in [4.78, 5) is 22.5. The third-order valence-corrected chi connectivity index (χ3v) is 3.56. The van der Waals surface area contributed by atoms with Gasteiger partial charge in [0.1, 0.15) is 11.5 Å². The number of benzene rings is 2. The summed E-state index contributed by atoms with van der Waals surface area (Å²) in [5, 5.41) is 13.4. The first-order chi connectivity index (χ1) is 11.5. The summed E-state index contributed by atoms with van der Waals surface area (Å²) in [5.74, 6) is 0.794. The monoisotopic (exact) mass is 322 g/mol. The van der Waals surface area contributed by atoms with Crippen molar-refractivity contribution in [2.45, 2.75) is 6.92 Å². The molecule has 120 valence electrons. The van der Waals surface area contributed by atoms with E-state index in [-0.39, 0.29) is 11.6 Å². The van der Waals surface area contributed by atoms with Gasteiger partial charge in [0.05, 0.1) is 10.5 Å². The lowest BCUT2D eigenvalue weighted by Crippen LogP contribution is -2.12. The molecule has 0 aliphatic rings. The molecule has 0 saturated carbocycles. The fourth-order valence-electron chi connectivity index (χ4n) is 2.32. The van der Waals surface area contributed by atoms with Crippen LogP contribution in [0.2, 0.25) is 0 Å². The van der Waals surface area contributed by atoms with E-state index in [9.17, 15) is 14.9 Å². The molecule has 0 radical (unpaired) electrons. The van der Waals surface area contributed by atoms with Crippen LogP contribution < -0.4 is 5.32 Å². The van der Waals surface area contributed by atoms with Crippen LogP contribution in [0, 0.1) is 17.0 Å². The van der Waals surface area contributed by atoms with E-state index in [0.29, 0.717) is 22.8 Å². The lowest BCUT2D eigenvalue weighted by Gasteiger charge is -2.03. The largest absolute Gasteiger partial charge is 0.461 e. The lowest BCUT2D eigenvalue weighted by molar-refractivity contribution is -0.384. The average Bonchev–Trinajstić information content (AvgIpc) is 2.98. The third kappa shape index (κ3) is 3.17. The second kappa shape index (κ2) is 6.37. The quantitative estimate of drug-likeness (QED) is 0.569. The first kappa shape index (κ1) is 15.5. The number of carbonyl (C=O) groups excluding carboxylic acids is 1. The molecular formula is C18H14N2O4. The van der Waals surface area contributed by atoms with Crippen LogP contribution in [0.1, 0.15) is 16.1 Å². The molecule has 2 aromatic carbocycles. The van der Waals surface area contributed by atoms with Crippen LogP contribution >= 0.6 is 0 Å². The van der Waals surface area contributed by atoms with Crippen molar-refractivity contribution in [2.24, 2.45) is 0 Å². The number of nitro groups is 1. The molecule has 24 heavy (non-hydrogen) atoms. The van der Waals surface area contributed by atoms with E-state index < -0.39 is 4.92 Å². The SMILES string of the molecule is Cc1oc(-c2ccccc2)cc1C(=O)Nc1ccc([N+](=O)[O-])cc1. The molecule has 0 saturated heterocycles. The van der Waals surface area contributed by atoms with Crippen molar-refractivity contribution in [3.05, 3.63) is 82.1 Å². The van der Waals surface area contributed by atoms with Crippen molar-refractivity contribution in [1.82, 2.24) is 0 Å². The van der Waals surface area contributed by atoms with Gasteiger partial charge in [0, 0.05) is 23.4 Å². The zero-order valence-corrected chi connectivity index (χ0v) is 12.9. The standard InChI is InChI=1S/C18H14N2O4/c1-12-16(11-17(24-12)13-5-3-2-4-6-13)18(21)19-14-7-9-15(10-8-14)20(22)23/h2-11H,1H3,(H,19,21). The van der Waals surface area contributed by atoms with E-state index in [0.717, 1.165) is 5.56 Å². The van der Waals surface area contributed by atoms with Crippen molar-refractivity contribution in [1.29, 1.82) is 0 Å². The van der Waals surface area contributed by atoms with Crippen molar-refractivity contribution < 1.29 is 14.1 Å². The third-order valence-electron chi connectivity index (χ3n) is 3.56. The highest BCUT2D eigenvalue weighted by atomic mass is 16.6. The second-order valence-corrected chi connectivity index (χ2v) is 5.20. The number of anilines is 1. The molecule has 6 heteroatoms. The molecule has 0 atom stereocenters. The fourth-order valence-corrected chi connectivity index (χ4v) is 2.32. The Kier molecular flexibility index (Phi) is 4.11. The minimum Gasteiger partial charge on any atom is -0.461 e. The van der Waals surface area contributed by atoms with E-state index >= 15 is 0 Å². The van der Waals surface area contributed by atoms with Gasteiger partial charge in [-0.05, 0) is 25.1 Å². The summed E-state index contributed by atoms with van der Waals surface area (Å²) in [6.45, 7) is 1.72. The van der Waals surface area contributed by atoms with Crippen molar-refractivity contribution >= 4 is 17.3 Å². The van der Waals surface area contributed by atoms with E-state index in [4.69, 9.17) is 4.42 Å². The highest BCUT2D eigenvalue weighted by molar-refractivity contribution is 6.05. The molecule has 0 unspecified atom stereocenters. The summed E-state index contributed by atoms with van der Waals surface area (Å²) >= 11 is 0. The topological polar surface area (TPSA) is 85.4 Å². The van der Waals surface area contributed by atoms with Crippen LogP contribution in [0.25, 0.3) is 11.3 Å². The summed E-state index contributed by atoms with van der Waals surface area (Å²) in [5.41, 5.74) is 1.76. The smallest absolute Gasteiger partial charge is 0.269 e. The Bertz CT molecular complexity index is 883. The molecule has 1 aromatic heterocycles. The molecule has 1 heterocycles. The number of aryl methyl sites for hydroxylation is 1. The Balaban J connectivity index is 1.80. The van der Waals surface area contributed by atoms with Gasteiger partial charge in [-0.1, -0.05) is 30.3 Å². The summed E-state index contributed by atoms with van der Waals surface area (Å²) in [7, 11) is 0. The number of non-ortho nitro benzene ring substituents is 1. The molecule has 0 aliphatic heterocycles. The van der Waals surface area contributed by atoms with Gasteiger partial charge in [-0.25, -0.2) is 0 Å². The molecule has 1 amide bonds. The maximum Gasteiger partial charge on any atom is 0.269 e. The number of hydrogen-bond donors (Lipinski definition) is 1.